The first-order chi connectivity index (χ1) is 6.65. The molecule has 1 rings (SSSR count). The zero-order valence-electron chi connectivity index (χ0n) is 8.88. The summed E-state index contributed by atoms with van der Waals surface area (Å²) in [5.41, 5.74) is 2.11. The second kappa shape index (κ2) is 4.94. The summed E-state index contributed by atoms with van der Waals surface area (Å²) in [5, 5.41) is 0. The fourth-order valence-corrected chi connectivity index (χ4v) is 1.70. The predicted octanol–water partition coefficient (Wildman–Crippen LogP) is 3.43. The number of carbonyl (C=O) groups is 1. The minimum atomic E-state index is 0.279. The summed E-state index contributed by atoms with van der Waals surface area (Å²) >= 11 is 0. The third-order valence-electron chi connectivity index (χ3n) is 2.83. The highest BCUT2D eigenvalue weighted by atomic mass is 16.1. The summed E-state index contributed by atoms with van der Waals surface area (Å²) in [6.45, 7) is 9.62. The van der Waals surface area contributed by atoms with Crippen molar-refractivity contribution in [1.29, 1.82) is 0 Å². The number of rotatable bonds is 4. The molecule has 0 aromatic carbocycles. The molecule has 0 spiro atoms. The van der Waals surface area contributed by atoms with Gasteiger partial charge in [0.1, 0.15) is 0 Å². The maximum absolute atomic E-state index is 11.5. The average molecular weight is 190 g/mol. The molecule has 0 bridgehead atoms. The number of Topliss-reactive ketones (excluding diaryl/α,β-unsaturated/α-hetero) is 1. The number of hydrogen-bond acceptors (Lipinski definition) is 1. The van der Waals surface area contributed by atoms with E-state index in [1.807, 2.05) is 19.1 Å². The van der Waals surface area contributed by atoms with Crippen LogP contribution in [0.1, 0.15) is 32.6 Å². The van der Waals surface area contributed by atoms with E-state index in [-0.39, 0.29) is 5.78 Å². The van der Waals surface area contributed by atoms with Crippen molar-refractivity contribution in [3.8, 4) is 0 Å². The van der Waals surface area contributed by atoms with Crippen LogP contribution in [0.5, 0.6) is 0 Å². The highest BCUT2D eigenvalue weighted by Crippen LogP contribution is 2.28. The average Bonchev–Trinajstić information content (AvgIpc) is 2.18. The van der Waals surface area contributed by atoms with Crippen molar-refractivity contribution in [2.75, 3.05) is 0 Å². The Labute approximate surface area is 86.2 Å². The smallest absolute Gasteiger partial charge is 0.158 e. The van der Waals surface area contributed by atoms with Crippen LogP contribution < -0.4 is 0 Å². The molecule has 14 heavy (non-hydrogen) atoms. The molecule has 0 aromatic heterocycles. The Kier molecular flexibility index (Phi) is 3.87. The molecule has 1 aliphatic rings. The van der Waals surface area contributed by atoms with Crippen LogP contribution in [0.15, 0.2) is 36.5 Å². The van der Waals surface area contributed by atoms with Crippen LogP contribution in [0, 0.1) is 5.92 Å². The van der Waals surface area contributed by atoms with E-state index in [2.05, 4.69) is 13.2 Å². The van der Waals surface area contributed by atoms with Gasteiger partial charge in [0.2, 0.25) is 0 Å². The summed E-state index contributed by atoms with van der Waals surface area (Å²) in [7, 11) is 0. The molecule has 0 radical (unpaired) electrons. The molecule has 0 fully saturated rings. The van der Waals surface area contributed by atoms with Crippen LogP contribution in [0.3, 0.4) is 0 Å². The van der Waals surface area contributed by atoms with Crippen molar-refractivity contribution in [3.63, 3.8) is 0 Å². The van der Waals surface area contributed by atoms with Gasteiger partial charge in [-0.05, 0) is 37.7 Å². The van der Waals surface area contributed by atoms with Gasteiger partial charge in [-0.1, -0.05) is 24.3 Å². The summed E-state index contributed by atoms with van der Waals surface area (Å²) < 4.78 is 0. The highest BCUT2D eigenvalue weighted by molar-refractivity contribution is 5.95. The van der Waals surface area contributed by atoms with Gasteiger partial charge >= 0.3 is 0 Å². The molecule has 0 saturated carbocycles. The Bertz CT molecular complexity index is 284. The zero-order valence-corrected chi connectivity index (χ0v) is 8.88. The van der Waals surface area contributed by atoms with Gasteiger partial charge in [-0.25, -0.2) is 0 Å². The molecule has 0 saturated heterocycles. The van der Waals surface area contributed by atoms with Crippen molar-refractivity contribution in [2.45, 2.75) is 32.6 Å². The Morgan fingerprint density at radius 3 is 3.00 bits per heavy atom. The van der Waals surface area contributed by atoms with E-state index in [1.54, 1.807) is 0 Å². The van der Waals surface area contributed by atoms with Crippen LogP contribution in [-0.4, -0.2) is 5.78 Å². The topological polar surface area (TPSA) is 17.1 Å². The van der Waals surface area contributed by atoms with E-state index in [4.69, 9.17) is 0 Å². The van der Waals surface area contributed by atoms with Crippen molar-refractivity contribution in [2.24, 2.45) is 5.92 Å². The summed E-state index contributed by atoms with van der Waals surface area (Å²) in [6, 6.07) is 0. The van der Waals surface area contributed by atoms with E-state index in [0.29, 0.717) is 12.3 Å². The van der Waals surface area contributed by atoms with Crippen LogP contribution in [-0.2, 0) is 4.79 Å². The first-order valence-corrected chi connectivity index (χ1v) is 5.13. The first-order valence-electron chi connectivity index (χ1n) is 5.13. The molecule has 1 heteroatoms. The van der Waals surface area contributed by atoms with E-state index >= 15 is 0 Å². The molecule has 76 valence electrons. The van der Waals surface area contributed by atoms with Gasteiger partial charge < -0.3 is 0 Å². The molecule has 0 amide bonds. The largest absolute Gasteiger partial charge is 0.295 e. The van der Waals surface area contributed by atoms with Crippen molar-refractivity contribution in [3.05, 3.63) is 36.5 Å². The molecule has 0 N–H and O–H groups in total. The second-order valence-electron chi connectivity index (χ2n) is 3.93. The van der Waals surface area contributed by atoms with Gasteiger partial charge in [-0.2, -0.15) is 0 Å². The molecule has 1 aliphatic carbocycles. The fraction of sp³-hybridized carbons (Fsp3) is 0.462. The summed E-state index contributed by atoms with van der Waals surface area (Å²) in [5.74, 6) is 0.646. The minimum Gasteiger partial charge on any atom is -0.295 e. The van der Waals surface area contributed by atoms with Crippen molar-refractivity contribution < 1.29 is 4.79 Å². The lowest BCUT2D eigenvalue weighted by molar-refractivity contribution is -0.116. The van der Waals surface area contributed by atoms with Crippen molar-refractivity contribution >= 4 is 5.78 Å². The van der Waals surface area contributed by atoms with E-state index in [1.165, 1.54) is 5.57 Å². The Morgan fingerprint density at radius 1 is 1.71 bits per heavy atom. The van der Waals surface area contributed by atoms with E-state index in [9.17, 15) is 4.79 Å². The SMILES string of the molecule is C=CCCC(=C)[C@@H]1CC=C(C)C(=O)C1. The Morgan fingerprint density at radius 2 is 2.43 bits per heavy atom. The maximum atomic E-state index is 11.5. The maximum Gasteiger partial charge on any atom is 0.158 e. The van der Waals surface area contributed by atoms with Gasteiger partial charge in [-0.15, -0.1) is 6.58 Å². The molecule has 1 atom stereocenters. The third kappa shape index (κ3) is 2.69. The van der Waals surface area contributed by atoms with Crippen molar-refractivity contribution in [1.82, 2.24) is 0 Å². The number of allylic oxidation sites excluding steroid dienone is 4. The Hall–Kier alpha value is -1.11. The molecule has 0 unspecified atom stereocenters. The lowest BCUT2D eigenvalue weighted by atomic mass is 9.83. The minimum absolute atomic E-state index is 0.279. The third-order valence-corrected chi connectivity index (χ3v) is 2.83. The standard InChI is InChI=1S/C13H18O/c1-4-5-6-10(2)12-8-7-11(3)13(14)9-12/h4,7,12H,1-2,5-6,8-9H2,3H3/t12-/m1/s1. The van der Waals surface area contributed by atoms with Gasteiger partial charge in [0, 0.05) is 6.42 Å². The monoisotopic (exact) mass is 190 g/mol. The lowest BCUT2D eigenvalue weighted by Gasteiger charge is -2.21. The van der Waals surface area contributed by atoms with Gasteiger partial charge in [0.15, 0.2) is 5.78 Å². The first kappa shape index (κ1) is 11.0. The van der Waals surface area contributed by atoms with Gasteiger partial charge in [-0.3, -0.25) is 4.79 Å². The predicted molar refractivity (Wildman–Crippen MR) is 60.1 cm³/mol. The van der Waals surface area contributed by atoms with Gasteiger partial charge in [0.25, 0.3) is 0 Å². The molecule has 0 heterocycles. The number of carbonyl (C=O) groups excluding carboxylic acids is 1. The highest BCUT2D eigenvalue weighted by Gasteiger charge is 2.20. The second-order valence-corrected chi connectivity index (χ2v) is 3.93. The van der Waals surface area contributed by atoms with Crippen LogP contribution >= 0.6 is 0 Å². The lowest BCUT2D eigenvalue weighted by Crippen LogP contribution is -2.15. The van der Waals surface area contributed by atoms with Crippen LogP contribution in [0.2, 0.25) is 0 Å². The molecule has 0 aliphatic heterocycles. The number of ketones is 1. The quantitative estimate of drug-likeness (QED) is 0.621. The van der Waals surface area contributed by atoms with E-state index < -0.39 is 0 Å². The van der Waals surface area contributed by atoms with Crippen LogP contribution in [0.25, 0.3) is 0 Å². The van der Waals surface area contributed by atoms with Gasteiger partial charge in [0.05, 0.1) is 0 Å². The zero-order chi connectivity index (χ0) is 10.6. The molecular formula is C13H18O. The number of hydrogen-bond donors (Lipinski definition) is 0. The molecule has 1 nitrogen and oxygen atoms in total. The summed E-state index contributed by atoms with van der Waals surface area (Å²) in [6.07, 6.45) is 7.50. The normalized spacial score (nSPS) is 21.6. The van der Waals surface area contributed by atoms with E-state index in [0.717, 1.165) is 24.8 Å². The molecule has 0 aromatic rings. The fourth-order valence-electron chi connectivity index (χ4n) is 1.70. The molecular weight excluding hydrogens is 172 g/mol. The Balaban J connectivity index is 2.51. The summed E-state index contributed by atoms with van der Waals surface area (Å²) in [4.78, 5) is 11.5. The van der Waals surface area contributed by atoms with Crippen LogP contribution in [0.4, 0.5) is 0 Å².